The number of thioether (sulfide) groups is 1. The van der Waals surface area contributed by atoms with Gasteiger partial charge in [0.25, 0.3) is 5.91 Å². The Morgan fingerprint density at radius 3 is 2.47 bits per heavy atom. The molecule has 0 aliphatic heterocycles. The number of hydrogen-bond donors (Lipinski definition) is 2. The number of anilines is 1. The van der Waals surface area contributed by atoms with Crippen molar-refractivity contribution in [2.24, 2.45) is 5.92 Å². The second-order valence-corrected chi connectivity index (χ2v) is 9.09. The molecule has 1 aromatic heterocycles. The van der Waals surface area contributed by atoms with E-state index in [0.29, 0.717) is 23.1 Å². The van der Waals surface area contributed by atoms with Gasteiger partial charge in [-0.25, -0.2) is 0 Å². The van der Waals surface area contributed by atoms with E-state index in [4.69, 9.17) is 0 Å². The summed E-state index contributed by atoms with van der Waals surface area (Å²) in [5.41, 5.74) is 2.50. The zero-order chi connectivity index (χ0) is 24.5. The molecular formula is C26H31N5O2S. The van der Waals surface area contributed by atoms with E-state index in [1.807, 2.05) is 60.9 Å². The fourth-order valence-electron chi connectivity index (χ4n) is 3.55. The van der Waals surface area contributed by atoms with E-state index in [9.17, 15) is 9.59 Å². The monoisotopic (exact) mass is 477 g/mol. The van der Waals surface area contributed by atoms with E-state index < -0.39 is 0 Å². The number of aryl methyl sites for hydroxylation is 1. The van der Waals surface area contributed by atoms with Gasteiger partial charge < -0.3 is 15.2 Å². The predicted molar refractivity (Wildman–Crippen MR) is 137 cm³/mol. The van der Waals surface area contributed by atoms with Crippen molar-refractivity contribution >= 4 is 29.3 Å². The van der Waals surface area contributed by atoms with Crippen LogP contribution in [-0.4, -0.2) is 32.3 Å². The van der Waals surface area contributed by atoms with Crippen LogP contribution in [0.2, 0.25) is 0 Å². The number of hydrogen-bond acceptors (Lipinski definition) is 5. The number of carbonyl (C=O) groups is 2. The third-order valence-corrected chi connectivity index (χ3v) is 6.30. The summed E-state index contributed by atoms with van der Waals surface area (Å²) in [5.74, 6) is 0.621. The number of nitrogens with one attached hydrogen (secondary N) is 2. The maximum absolute atomic E-state index is 12.8. The van der Waals surface area contributed by atoms with Crippen LogP contribution in [-0.2, 0) is 17.8 Å². The van der Waals surface area contributed by atoms with Gasteiger partial charge in [-0.15, -0.1) is 16.8 Å². The lowest BCUT2D eigenvalue weighted by Crippen LogP contribution is -2.33. The fraction of sp³-hybridized carbons (Fsp3) is 0.308. The molecule has 0 radical (unpaired) electrons. The highest BCUT2D eigenvalue weighted by atomic mass is 32.2. The van der Waals surface area contributed by atoms with Gasteiger partial charge in [0, 0.05) is 17.8 Å². The highest BCUT2D eigenvalue weighted by Crippen LogP contribution is 2.26. The van der Waals surface area contributed by atoms with Crippen LogP contribution >= 0.6 is 11.8 Å². The first kappa shape index (κ1) is 25.2. The Kier molecular flexibility index (Phi) is 9.04. The number of allylic oxidation sites excluding steroid dienone is 1. The molecule has 0 spiro atoms. The minimum atomic E-state index is -0.347. The molecular weight excluding hydrogens is 446 g/mol. The third-order valence-electron chi connectivity index (χ3n) is 5.33. The molecule has 0 saturated heterocycles. The first-order valence-electron chi connectivity index (χ1n) is 11.3. The average Bonchev–Trinajstić information content (AvgIpc) is 3.24. The zero-order valence-electron chi connectivity index (χ0n) is 19.8. The largest absolute Gasteiger partial charge is 0.342 e. The Hall–Kier alpha value is -3.39. The first-order chi connectivity index (χ1) is 16.4. The first-order valence-corrected chi connectivity index (χ1v) is 12.3. The molecule has 0 bridgehead atoms. The van der Waals surface area contributed by atoms with Crippen molar-refractivity contribution in [2.45, 2.75) is 44.9 Å². The van der Waals surface area contributed by atoms with Gasteiger partial charge in [-0.2, -0.15) is 0 Å². The zero-order valence-corrected chi connectivity index (χ0v) is 20.6. The molecule has 0 aliphatic carbocycles. The third kappa shape index (κ3) is 6.35. The van der Waals surface area contributed by atoms with Crippen LogP contribution in [0.5, 0.6) is 0 Å². The summed E-state index contributed by atoms with van der Waals surface area (Å²) in [6.45, 7) is 10.4. The summed E-state index contributed by atoms with van der Waals surface area (Å²) >= 11 is 1.31. The van der Waals surface area contributed by atoms with Crippen molar-refractivity contribution in [3.8, 4) is 0 Å². The van der Waals surface area contributed by atoms with E-state index >= 15 is 0 Å². The summed E-state index contributed by atoms with van der Waals surface area (Å²) in [7, 11) is 0. The minimum Gasteiger partial charge on any atom is -0.342 e. The topological polar surface area (TPSA) is 88.9 Å². The Morgan fingerprint density at radius 1 is 1.09 bits per heavy atom. The highest BCUT2D eigenvalue weighted by molar-refractivity contribution is 7.99. The SMILES string of the molecule is C=CCn1c(SCC(=O)Nc2ccccc2CC)nnc1[C@H](NC(=O)c1ccccc1)C(C)C. The van der Waals surface area contributed by atoms with Crippen molar-refractivity contribution in [1.82, 2.24) is 20.1 Å². The summed E-state index contributed by atoms with van der Waals surface area (Å²) in [4.78, 5) is 25.4. The number of rotatable bonds is 11. The molecule has 2 amide bonds. The molecule has 3 rings (SSSR count). The van der Waals surface area contributed by atoms with Crippen molar-refractivity contribution in [2.75, 3.05) is 11.1 Å². The van der Waals surface area contributed by atoms with E-state index in [0.717, 1.165) is 17.7 Å². The number of carbonyl (C=O) groups excluding carboxylic acids is 2. The Labute approximate surface area is 205 Å². The van der Waals surface area contributed by atoms with E-state index in [1.54, 1.807) is 18.2 Å². The second-order valence-electron chi connectivity index (χ2n) is 8.15. The van der Waals surface area contributed by atoms with Gasteiger partial charge in [-0.1, -0.05) is 75.0 Å². The smallest absolute Gasteiger partial charge is 0.251 e. The molecule has 0 fully saturated rings. The van der Waals surface area contributed by atoms with Crippen LogP contribution in [0.4, 0.5) is 5.69 Å². The summed E-state index contributed by atoms with van der Waals surface area (Å²) in [6.07, 6.45) is 2.59. The lowest BCUT2D eigenvalue weighted by Gasteiger charge is -2.22. The standard InChI is InChI=1S/C26H31N5O2S/c1-5-16-31-24(23(18(3)4)28-25(33)20-13-8-7-9-14-20)29-30-26(31)34-17-22(32)27-21-15-11-10-12-19(21)6-2/h5,7-15,18,23H,1,6,16-17H2,2-4H3,(H,27,32)(H,28,33)/t23-/m1/s1. The molecule has 0 aliphatic rings. The number of benzene rings is 2. The van der Waals surface area contributed by atoms with Gasteiger partial charge in [0.15, 0.2) is 11.0 Å². The molecule has 1 heterocycles. The Balaban J connectivity index is 1.75. The Bertz CT molecular complexity index is 1130. The lowest BCUT2D eigenvalue weighted by atomic mass is 10.0. The van der Waals surface area contributed by atoms with Gasteiger partial charge in [-0.3, -0.25) is 9.59 Å². The molecule has 0 unspecified atom stereocenters. The second kappa shape index (κ2) is 12.2. The summed E-state index contributed by atoms with van der Waals surface area (Å²) in [6, 6.07) is 16.5. The van der Waals surface area contributed by atoms with Gasteiger partial charge >= 0.3 is 0 Å². The van der Waals surface area contributed by atoms with E-state index in [-0.39, 0.29) is 29.5 Å². The number of aromatic nitrogens is 3. The summed E-state index contributed by atoms with van der Waals surface area (Å²) < 4.78 is 1.90. The lowest BCUT2D eigenvalue weighted by molar-refractivity contribution is -0.113. The molecule has 7 nitrogen and oxygen atoms in total. The van der Waals surface area contributed by atoms with Gasteiger partial charge in [-0.05, 0) is 36.1 Å². The quantitative estimate of drug-likeness (QED) is 0.303. The van der Waals surface area contributed by atoms with Crippen molar-refractivity contribution in [3.63, 3.8) is 0 Å². The van der Waals surface area contributed by atoms with Gasteiger partial charge in [0.05, 0.1) is 11.8 Å². The van der Waals surface area contributed by atoms with Crippen LogP contribution in [0.1, 0.15) is 48.6 Å². The number of nitrogens with zero attached hydrogens (tertiary/aromatic N) is 3. The molecule has 2 aromatic carbocycles. The molecule has 34 heavy (non-hydrogen) atoms. The molecule has 2 N–H and O–H groups in total. The number of amides is 2. The molecule has 1 atom stereocenters. The number of para-hydroxylation sites is 1. The van der Waals surface area contributed by atoms with Crippen LogP contribution in [0.15, 0.2) is 72.4 Å². The maximum Gasteiger partial charge on any atom is 0.251 e. The molecule has 0 saturated carbocycles. The fourth-order valence-corrected chi connectivity index (χ4v) is 4.30. The molecule has 8 heteroatoms. The van der Waals surface area contributed by atoms with E-state index in [2.05, 4.69) is 34.3 Å². The molecule has 3 aromatic rings. The van der Waals surface area contributed by atoms with E-state index in [1.165, 1.54) is 11.8 Å². The Morgan fingerprint density at radius 2 is 1.79 bits per heavy atom. The van der Waals surface area contributed by atoms with Gasteiger partial charge in [0.2, 0.25) is 5.91 Å². The summed E-state index contributed by atoms with van der Waals surface area (Å²) in [5, 5.41) is 15.4. The molecule has 178 valence electrons. The van der Waals surface area contributed by atoms with Gasteiger partial charge in [0.1, 0.15) is 0 Å². The highest BCUT2D eigenvalue weighted by Gasteiger charge is 2.26. The van der Waals surface area contributed by atoms with Crippen LogP contribution in [0.3, 0.4) is 0 Å². The van der Waals surface area contributed by atoms with Crippen molar-refractivity contribution in [1.29, 1.82) is 0 Å². The normalized spacial score (nSPS) is 11.8. The minimum absolute atomic E-state index is 0.0760. The van der Waals surface area contributed by atoms with Crippen LogP contribution < -0.4 is 10.6 Å². The van der Waals surface area contributed by atoms with Crippen molar-refractivity contribution < 1.29 is 9.59 Å². The maximum atomic E-state index is 12.8. The van der Waals surface area contributed by atoms with Crippen LogP contribution in [0.25, 0.3) is 0 Å². The average molecular weight is 478 g/mol. The van der Waals surface area contributed by atoms with Crippen LogP contribution in [0, 0.1) is 5.92 Å². The predicted octanol–water partition coefficient (Wildman–Crippen LogP) is 4.88. The van der Waals surface area contributed by atoms with Crippen molar-refractivity contribution in [3.05, 3.63) is 84.2 Å².